The van der Waals surface area contributed by atoms with E-state index in [-0.39, 0.29) is 12.1 Å². The van der Waals surface area contributed by atoms with Gasteiger partial charge in [-0.05, 0) is 24.3 Å². The molecule has 0 aliphatic carbocycles. The fraction of sp³-hybridized carbons (Fsp3) is 0.250. The lowest BCUT2D eigenvalue weighted by molar-refractivity contribution is 0.0348. The minimum Gasteiger partial charge on any atom is -0.457 e. The number of anilines is 1. The monoisotopic (exact) mass is 268 g/mol. The van der Waals surface area contributed by atoms with Crippen LogP contribution in [0.25, 0.3) is 0 Å². The fourth-order valence-electron chi connectivity index (χ4n) is 2.37. The Bertz CT molecular complexity index is 572. The van der Waals surface area contributed by atoms with E-state index in [0.717, 1.165) is 18.8 Å². The first-order valence-corrected chi connectivity index (χ1v) is 6.75. The van der Waals surface area contributed by atoms with Gasteiger partial charge >= 0.3 is 5.97 Å². The number of hydrogen-bond donors (Lipinski definition) is 0. The van der Waals surface area contributed by atoms with Crippen LogP contribution in [0.5, 0.6) is 0 Å². The molecular weight excluding hydrogens is 252 g/mol. The molecule has 20 heavy (non-hydrogen) atoms. The number of esters is 1. The van der Waals surface area contributed by atoms with Gasteiger partial charge in [-0.1, -0.05) is 24.3 Å². The van der Waals surface area contributed by atoms with Crippen molar-refractivity contribution in [3.8, 4) is 0 Å². The first-order chi connectivity index (χ1) is 9.83. The lowest BCUT2D eigenvalue weighted by atomic mass is 10.2. The van der Waals surface area contributed by atoms with Gasteiger partial charge in [-0.2, -0.15) is 0 Å². The summed E-state index contributed by atoms with van der Waals surface area (Å²) < 4.78 is 5.54. The number of nitrogens with zero attached hydrogens (tertiary/aromatic N) is 2. The molecule has 1 aliphatic rings. The van der Waals surface area contributed by atoms with E-state index in [9.17, 15) is 4.79 Å². The van der Waals surface area contributed by atoms with Crippen LogP contribution < -0.4 is 4.90 Å². The molecule has 0 unspecified atom stereocenters. The summed E-state index contributed by atoms with van der Waals surface area (Å²) in [6, 6.07) is 14.9. The van der Waals surface area contributed by atoms with E-state index in [4.69, 9.17) is 4.74 Å². The van der Waals surface area contributed by atoms with E-state index in [0.29, 0.717) is 12.1 Å². The van der Waals surface area contributed by atoms with Crippen LogP contribution in [0.4, 0.5) is 5.82 Å². The SMILES string of the molecule is O=C(O[C@H]1CCN(c2ccccn2)C1)c1ccccc1. The van der Waals surface area contributed by atoms with E-state index < -0.39 is 0 Å². The van der Waals surface area contributed by atoms with Crippen LogP contribution in [0.3, 0.4) is 0 Å². The number of aromatic nitrogens is 1. The van der Waals surface area contributed by atoms with Gasteiger partial charge < -0.3 is 9.64 Å². The molecule has 2 aromatic rings. The van der Waals surface area contributed by atoms with Crippen molar-refractivity contribution in [1.82, 2.24) is 4.98 Å². The van der Waals surface area contributed by atoms with Crippen LogP contribution >= 0.6 is 0 Å². The normalized spacial score (nSPS) is 18.0. The lowest BCUT2D eigenvalue weighted by Crippen LogP contribution is -2.25. The summed E-state index contributed by atoms with van der Waals surface area (Å²) in [5, 5.41) is 0. The standard InChI is InChI=1S/C16H16N2O2/c19-16(13-6-2-1-3-7-13)20-14-9-11-18(12-14)15-8-4-5-10-17-15/h1-8,10,14H,9,11-12H2/t14-/m0/s1. The Labute approximate surface area is 118 Å². The van der Waals surface area contributed by atoms with Gasteiger partial charge in [-0.3, -0.25) is 0 Å². The highest BCUT2D eigenvalue weighted by atomic mass is 16.5. The maximum atomic E-state index is 12.0. The molecule has 0 spiro atoms. The van der Waals surface area contributed by atoms with E-state index in [1.165, 1.54) is 0 Å². The number of hydrogen-bond acceptors (Lipinski definition) is 4. The quantitative estimate of drug-likeness (QED) is 0.802. The summed E-state index contributed by atoms with van der Waals surface area (Å²) in [4.78, 5) is 18.4. The van der Waals surface area contributed by atoms with E-state index in [1.54, 1.807) is 18.3 Å². The number of pyridine rings is 1. The first-order valence-electron chi connectivity index (χ1n) is 6.75. The highest BCUT2D eigenvalue weighted by Crippen LogP contribution is 2.20. The van der Waals surface area contributed by atoms with Gasteiger partial charge in [0.05, 0.1) is 12.1 Å². The molecule has 0 N–H and O–H groups in total. The van der Waals surface area contributed by atoms with Crippen LogP contribution in [-0.4, -0.2) is 30.1 Å². The van der Waals surface area contributed by atoms with Crippen LogP contribution in [0.1, 0.15) is 16.8 Å². The van der Waals surface area contributed by atoms with Gasteiger partial charge in [0.1, 0.15) is 11.9 Å². The van der Waals surface area contributed by atoms with E-state index >= 15 is 0 Å². The Balaban J connectivity index is 1.60. The Morgan fingerprint density at radius 1 is 1.15 bits per heavy atom. The van der Waals surface area contributed by atoms with E-state index in [2.05, 4.69) is 9.88 Å². The van der Waals surface area contributed by atoms with Crippen molar-refractivity contribution >= 4 is 11.8 Å². The maximum absolute atomic E-state index is 12.0. The van der Waals surface area contributed by atoms with Crippen molar-refractivity contribution in [2.45, 2.75) is 12.5 Å². The Morgan fingerprint density at radius 2 is 1.95 bits per heavy atom. The molecule has 102 valence electrons. The number of ether oxygens (including phenoxy) is 1. The summed E-state index contributed by atoms with van der Waals surface area (Å²) in [5.41, 5.74) is 0.601. The van der Waals surface area contributed by atoms with Crippen LogP contribution in [0.15, 0.2) is 54.7 Å². The summed E-state index contributed by atoms with van der Waals surface area (Å²) >= 11 is 0. The highest BCUT2D eigenvalue weighted by Gasteiger charge is 2.26. The first kappa shape index (κ1) is 12.7. The molecule has 2 heterocycles. The smallest absolute Gasteiger partial charge is 0.338 e. The molecule has 3 rings (SSSR count). The number of rotatable bonds is 3. The number of carbonyl (C=O) groups is 1. The zero-order chi connectivity index (χ0) is 13.8. The molecule has 1 aliphatic heterocycles. The van der Waals surface area contributed by atoms with Gasteiger partial charge in [-0.15, -0.1) is 0 Å². The van der Waals surface area contributed by atoms with Crippen molar-refractivity contribution in [3.05, 3.63) is 60.3 Å². The zero-order valence-corrected chi connectivity index (χ0v) is 11.1. The van der Waals surface area contributed by atoms with Crippen molar-refractivity contribution in [2.75, 3.05) is 18.0 Å². The van der Waals surface area contributed by atoms with Gasteiger partial charge in [0.2, 0.25) is 0 Å². The maximum Gasteiger partial charge on any atom is 0.338 e. The van der Waals surface area contributed by atoms with Crippen LogP contribution in [0, 0.1) is 0 Å². The fourth-order valence-corrected chi connectivity index (χ4v) is 2.37. The molecular formula is C16H16N2O2. The average molecular weight is 268 g/mol. The molecule has 0 bridgehead atoms. The third-order valence-corrected chi connectivity index (χ3v) is 3.40. The predicted molar refractivity (Wildman–Crippen MR) is 76.7 cm³/mol. The lowest BCUT2D eigenvalue weighted by Gasteiger charge is -2.17. The number of benzene rings is 1. The average Bonchev–Trinajstić information content (AvgIpc) is 2.97. The van der Waals surface area contributed by atoms with Crippen LogP contribution in [-0.2, 0) is 4.74 Å². The van der Waals surface area contributed by atoms with Gasteiger partial charge in [0, 0.05) is 19.2 Å². The zero-order valence-electron chi connectivity index (χ0n) is 11.1. The molecule has 4 heteroatoms. The third kappa shape index (κ3) is 2.79. The summed E-state index contributed by atoms with van der Waals surface area (Å²) in [5.74, 6) is 0.684. The molecule has 0 radical (unpaired) electrons. The topological polar surface area (TPSA) is 42.4 Å². The Kier molecular flexibility index (Phi) is 3.63. The van der Waals surface area contributed by atoms with Gasteiger partial charge in [0.15, 0.2) is 0 Å². The number of carbonyl (C=O) groups excluding carboxylic acids is 1. The Morgan fingerprint density at radius 3 is 2.70 bits per heavy atom. The van der Waals surface area contributed by atoms with Crippen LogP contribution in [0.2, 0.25) is 0 Å². The van der Waals surface area contributed by atoms with Gasteiger partial charge in [-0.25, -0.2) is 9.78 Å². The van der Waals surface area contributed by atoms with Crippen molar-refractivity contribution in [3.63, 3.8) is 0 Å². The second-order valence-corrected chi connectivity index (χ2v) is 4.82. The molecule has 1 aromatic carbocycles. The summed E-state index contributed by atoms with van der Waals surface area (Å²) in [6.07, 6.45) is 2.55. The second-order valence-electron chi connectivity index (χ2n) is 4.82. The molecule has 1 atom stereocenters. The molecule has 0 amide bonds. The van der Waals surface area contributed by atoms with E-state index in [1.807, 2.05) is 36.4 Å². The summed E-state index contributed by atoms with van der Waals surface area (Å²) in [6.45, 7) is 1.57. The molecule has 1 saturated heterocycles. The largest absolute Gasteiger partial charge is 0.457 e. The molecule has 1 aromatic heterocycles. The third-order valence-electron chi connectivity index (χ3n) is 3.40. The highest BCUT2D eigenvalue weighted by molar-refractivity contribution is 5.89. The molecule has 0 saturated carbocycles. The van der Waals surface area contributed by atoms with Crippen molar-refractivity contribution < 1.29 is 9.53 Å². The Hall–Kier alpha value is -2.36. The molecule has 4 nitrogen and oxygen atoms in total. The second kappa shape index (κ2) is 5.74. The minimum atomic E-state index is -0.251. The predicted octanol–water partition coefficient (Wildman–Crippen LogP) is 2.52. The van der Waals surface area contributed by atoms with Crippen molar-refractivity contribution in [2.24, 2.45) is 0 Å². The van der Waals surface area contributed by atoms with Crippen molar-refractivity contribution in [1.29, 1.82) is 0 Å². The summed E-state index contributed by atoms with van der Waals surface area (Å²) in [7, 11) is 0. The van der Waals surface area contributed by atoms with Gasteiger partial charge in [0.25, 0.3) is 0 Å². The minimum absolute atomic E-state index is 0.0651. The molecule has 1 fully saturated rings.